The van der Waals surface area contributed by atoms with Crippen LogP contribution < -0.4 is 11.5 Å². The molecule has 4 nitrogen and oxygen atoms in total. The van der Waals surface area contributed by atoms with E-state index < -0.39 is 12.0 Å². The number of aliphatic carboxylic acids is 1. The molecule has 0 heterocycles. The van der Waals surface area contributed by atoms with Crippen molar-refractivity contribution < 1.29 is 9.90 Å². The Hall–Kier alpha value is -0.910. The predicted molar refractivity (Wildman–Crippen MR) is 62.2 cm³/mol. The lowest BCUT2D eigenvalue weighted by Gasteiger charge is -2.06. The Balaban J connectivity index is 2.58. The maximum Gasteiger partial charge on any atom is 0.321 e. The molecule has 0 saturated carbocycles. The lowest BCUT2D eigenvalue weighted by molar-refractivity contribution is -0.137. The Bertz CT molecular complexity index is 373. The van der Waals surface area contributed by atoms with Crippen molar-refractivity contribution in [2.75, 3.05) is 11.5 Å². The molecule has 0 radical (unpaired) electrons. The third-order valence-corrected chi connectivity index (χ3v) is 3.16. The van der Waals surface area contributed by atoms with Gasteiger partial charge in [0.05, 0.1) is 10.7 Å². The summed E-state index contributed by atoms with van der Waals surface area (Å²) in [5, 5.41) is 9.04. The molecule has 15 heavy (non-hydrogen) atoms. The molecule has 0 bridgehead atoms. The van der Waals surface area contributed by atoms with Crippen LogP contribution in [0.3, 0.4) is 0 Å². The summed E-state index contributed by atoms with van der Waals surface area (Å²) in [5.41, 5.74) is 11.4. The molecule has 0 amide bonds. The van der Waals surface area contributed by atoms with Crippen molar-refractivity contribution >= 4 is 35.0 Å². The minimum Gasteiger partial charge on any atom is -0.480 e. The van der Waals surface area contributed by atoms with Crippen molar-refractivity contribution in [2.45, 2.75) is 10.9 Å². The second-order valence-corrected chi connectivity index (χ2v) is 4.44. The number of anilines is 1. The molecule has 0 saturated heterocycles. The number of nitrogen functional groups attached to an aromatic ring is 1. The molecule has 6 heteroatoms. The number of carboxylic acid groups (broad SMARTS) is 1. The average Bonchev–Trinajstić information content (AvgIpc) is 2.19. The van der Waals surface area contributed by atoms with Gasteiger partial charge in [-0.3, -0.25) is 4.79 Å². The Morgan fingerprint density at radius 2 is 2.27 bits per heavy atom. The molecule has 0 aromatic heterocycles. The maximum atomic E-state index is 10.5. The third-order valence-electron chi connectivity index (χ3n) is 1.72. The molecule has 0 aliphatic carbocycles. The van der Waals surface area contributed by atoms with E-state index in [4.69, 9.17) is 28.2 Å². The topological polar surface area (TPSA) is 89.3 Å². The highest BCUT2D eigenvalue weighted by Gasteiger charge is 2.11. The van der Waals surface area contributed by atoms with Crippen molar-refractivity contribution in [2.24, 2.45) is 5.73 Å². The summed E-state index contributed by atoms with van der Waals surface area (Å²) in [5.74, 6) is -0.709. The molecule has 5 N–H and O–H groups in total. The molecule has 0 fully saturated rings. The van der Waals surface area contributed by atoms with Gasteiger partial charge in [0.25, 0.3) is 0 Å². The zero-order chi connectivity index (χ0) is 11.4. The Labute approximate surface area is 96.6 Å². The van der Waals surface area contributed by atoms with E-state index in [9.17, 15) is 4.79 Å². The van der Waals surface area contributed by atoms with Gasteiger partial charge in [0.2, 0.25) is 0 Å². The van der Waals surface area contributed by atoms with Crippen LogP contribution in [-0.2, 0) is 4.79 Å². The first-order chi connectivity index (χ1) is 7.00. The maximum absolute atomic E-state index is 10.5. The number of thioether (sulfide) groups is 1. The van der Waals surface area contributed by atoms with Gasteiger partial charge in [-0.2, -0.15) is 0 Å². The van der Waals surface area contributed by atoms with Crippen LogP contribution >= 0.6 is 23.4 Å². The van der Waals surface area contributed by atoms with Crippen LogP contribution in [0, 0.1) is 0 Å². The predicted octanol–water partition coefficient (Wildman–Crippen LogP) is 1.43. The van der Waals surface area contributed by atoms with E-state index in [2.05, 4.69) is 0 Å². The van der Waals surface area contributed by atoms with E-state index in [-0.39, 0.29) is 0 Å². The molecule has 0 aliphatic rings. The average molecular weight is 247 g/mol. The molecule has 0 aliphatic heterocycles. The van der Waals surface area contributed by atoms with Crippen LogP contribution in [0.15, 0.2) is 23.1 Å². The van der Waals surface area contributed by atoms with Gasteiger partial charge in [-0.15, -0.1) is 11.8 Å². The number of halogens is 1. The summed E-state index contributed by atoms with van der Waals surface area (Å²) in [4.78, 5) is 11.3. The van der Waals surface area contributed by atoms with Crippen molar-refractivity contribution in [3.8, 4) is 0 Å². The van der Waals surface area contributed by atoms with E-state index in [0.29, 0.717) is 16.5 Å². The van der Waals surface area contributed by atoms with Crippen LogP contribution in [0.5, 0.6) is 0 Å². The molecule has 1 atom stereocenters. The molecule has 82 valence electrons. The van der Waals surface area contributed by atoms with E-state index in [0.717, 1.165) is 4.90 Å². The number of rotatable bonds is 4. The normalized spacial score (nSPS) is 12.4. The highest BCUT2D eigenvalue weighted by Crippen LogP contribution is 2.26. The Kier molecular flexibility index (Phi) is 4.26. The summed E-state index contributed by atoms with van der Waals surface area (Å²) in [7, 11) is 0. The zero-order valence-corrected chi connectivity index (χ0v) is 9.39. The number of benzene rings is 1. The van der Waals surface area contributed by atoms with Crippen molar-refractivity contribution in [1.82, 2.24) is 0 Å². The first-order valence-corrected chi connectivity index (χ1v) is 5.53. The first kappa shape index (κ1) is 12.2. The second-order valence-electron chi connectivity index (χ2n) is 2.94. The lowest BCUT2D eigenvalue weighted by Crippen LogP contribution is -2.32. The van der Waals surface area contributed by atoms with Crippen molar-refractivity contribution in [3.05, 3.63) is 23.2 Å². The zero-order valence-electron chi connectivity index (χ0n) is 7.81. The van der Waals surface area contributed by atoms with Crippen LogP contribution in [0.4, 0.5) is 5.69 Å². The van der Waals surface area contributed by atoms with Crippen LogP contribution in [0.25, 0.3) is 0 Å². The van der Waals surface area contributed by atoms with Gasteiger partial charge in [-0.05, 0) is 18.2 Å². The minimum absolute atomic E-state index is 0.301. The highest BCUT2D eigenvalue weighted by molar-refractivity contribution is 7.99. The standard InChI is InChI=1S/C9H11ClN2O2S/c10-6-3-5(1-2-7(6)11)15-4-8(12)9(13)14/h1-3,8H,4,11-12H2,(H,13,14). The monoisotopic (exact) mass is 246 g/mol. The molecule has 0 spiro atoms. The highest BCUT2D eigenvalue weighted by atomic mass is 35.5. The summed E-state index contributed by atoms with van der Waals surface area (Å²) in [6, 6.07) is 4.28. The van der Waals surface area contributed by atoms with E-state index in [1.807, 2.05) is 0 Å². The van der Waals surface area contributed by atoms with E-state index in [1.165, 1.54) is 11.8 Å². The van der Waals surface area contributed by atoms with E-state index >= 15 is 0 Å². The van der Waals surface area contributed by atoms with Gasteiger partial charge in [0, 0.05) is 10.6 Å². The molecule has 1 unspecified atom stereocenters. The van der Waals surface area contributed by atoms with Gasteiger partial charge in [-0.1, -0.05) is 11.6 Å². The molecule has 1 aromatic rings. The van der Waals surface area contributed by atoms with Crippen molar-refractivity contribution in [1.29, 1.82) is 0 Å². The number of hydrogen-bond donors (Lipinski definition) is 3. The molecular formula is C9H11ClN2O2S. The molecule has 1 rings (SSSR count). The van der Waals surface area contributed by atoms with Crippen molar-refractivity contribution in [3.63, 3.8) is 0 Å². The quantitative estimate of drug-likeness (QED) is 0.552. The second kappa shape index (κ2) is 5.25. The summed E-state index contributed by atoms with van der Waals surface area (Å²) in [6.45, 7) is 0. The lowest BCUT2D eigenvalue weighted by atomic mass is 10.3. The minimum atomic E-state index is -1.01. The van der Waals surface area contributed by atoms with Crippen LogP contribution in [0.1, 0.15) is 0 Å². The fraction of sp³-hybridized carbons (Fsp3) is 0.222. The molecular weight excluding hydrogens is 236 g/mol. The van der Waals surface area contributed by atoms with Gasteiger partial charge < -0.3 is 16.6 Å². The van der Waals surface area contributed by atoms with Gasteiger partial charge in [0.1, 0.15) is 6.04 Å². The number of hydrogen-bond acceptors (Lipinski definition) is 4. The smallest absolute Gasteiger partial charge is 0.321 e. The van der Waals surface area contributed by atoms with Crippen LogP contribution in [0.2, 0.25) is 5.02 Å². The van der Waals surface area contributed by atoms with Gasteiger partial charge in [-0.25, -0.2) is 0 Å². The number of carboxylic acids is 1. The fourth-order valence-electron chi connectivity index (χ4n) is 0.855. The largest absolute Gasteiger partial charge is 0.480 e. The van der Waals surface area contributed by atoms with Gasteiger partial charge >= 0.3 is 5.97 Å². The summed E-state index contributed by atoms with van der Waals surface area (Å²) in [6.07, 6.45) is 0. The summed E-state index contributed by atoms with van der Waals surface area (Å²) >= 11 is 7.14. The number of carbonyl (C=O) groups is 1. The summed E-state index contributed by atoms with van der Waals surface area (Å²) < 4.78 is 0. The first-order valence-electron chi connectivity index (χ1n) is 4.17. The Morgan fingerprint density at radius 1 is 1.60 bits per heavy atom. The third kappa shape index (κ3) is 3.62. The SMILES string of the molecule is Nc1ccc(SCC(N)C(=O)O)cc1Cl. The van der Waals surface area contributed by atoms with Gasteiger partial charge in [0.15, 0.2) is 0 Å². The fourth-order valence-corrected chi connectivity index (χ4v) is 1.98. The van der Waals surface area contributed by atoms with Crippen LogP contribution in [-0.4, -0.2) is 22.9 Å². The number of nitrogens with two attached hydrogens (primary N) is 2. The molecule has 1 aromatic carbocycles. The van der Waals surface area contributed by atoms with E-state index in [1.54, 1.807) is 18.2 Å². The Morgan fingerprint density at radius 3 is 2.80 bits per heavy atom.